The number of halogens is 4. The second kappa shape index (κ2) is 3.84. The first-order valence-electron chi connectivity index (χ1n) is 2.86. The van der Waals surface area contributed by atoms with Crippen LogP contribution in [0.4, 0.5) is 0 Å². The van der Waals surface area contributed by atoms with E-state index >= 15 is 0 Å². The van der Waals surface area contributed by atoms with E-state index in [1.165, 1.54) is 12.1 Å². The highest BCUT2D eigenvalue weighted by molar-refractivity contribution is 6.68. The molecular weight excluding hydrogens is 242 g/mol. The van der Waals surface area contributed by atoms with Gasteiger partial charge in [-0.05, 0) is 23.7 Å². The Kier molecular flexibility index (Phi) is 3.24. The van der Waals surface area contributed by atoms with E-state index in [0.717, 1.165) is 0 Å². The van der Waals surface area contributed by atoms with Gasteiger partial charge in [-0.15, -0.1) is 0 Å². The van der Waals surface area contributed by atoms with Gasteiger partial charge < -0.3 is 0 Å². The van der Waals surface area contributed by atoms with Gasteiger partial charge in [0.05, 0.1) is 15.1 Å². The predicted octanol–water partition coefficient (Wildman–Crippen LogP) is 4.03. The fraction of sp³-hybridized carbons (Fsp3) is 0. The predicted molar refractivity (Wildman–Crippen MR) is 51.7 cm³/mol. The van der Waals surface area contributed by atoms with Crippen molar-refractivity contribution in [3.8, 4) is 0 Å². The van der Waals surface area contributed by atoms with E-state index in [1.54, 1.807) is 0 Å². The van der Waals surface area contributed by atoms with Gasteiger partial charge in [-0.1, -0.05) is 34.8 Å². The SMILES string of the molecule is O=C(Cl)c1cc(Cl)c(Cl)c(Cl)c1. The molecule has 0 amide bonds. The summed E-state index contributed by atoms with van der Waals surface area (Å²) in [4.78, 5) is 10.7. The maximum Gasteiger partial charge on any atom is 0.252 e. The lowest BCUT2D eigenvalue weighted by Gasteiger charge is -2.00. The summed E-state index contributed by atoms with van der Waals surface area (Å²) in [5, 5.41) is 0.0387. The summed E-state index contributed by atoms with van der Waals surface area (Å²) in [6, 6.07) is 2.73. The van der Waals surface area contributed by atoms with Gasteiger partial charge in [-0.2, -0.15) is 0 Å². The van der Waals surface area contributed by atoms with Crippen LogP contribution in [0.2, 0.25) is 15.1 Å². The minimum Gasteiger partial charge on any atom is -0.276 e. The third kappa shape index (κ3) is 2.05. The van der Waals surface area contributed by atoms with E-state index < -0.39 is 5.24 Å². The molecule has 0 fully saturated rings. The zero-order valence-electron chi connectivity index (χ0n) is 5.57. The molecule has 0 heterocycles. The smallest absolute Gasteiger partial charge is 0.252 e. The Morgan fingerprint density at radius 3 is 1.83 bits per heavy atom. The summed E-state index contributed by atoms with van der Waals surface area (Å²) < 4.78 is 0. The molecule has 5 heteroatoms. The Morgan fingerprint density at radius 2 is 1.50 bits per heavy atom. The van der Waals surface area contributed by atoms with Crippen LogP contribution in [0.3, 0.4) is 0 Å². The number of rotatable bonds is 1. The maximum atomic E-state index is 10.7. The van der Waals surface area contributed by atoms with Gasteiger partial charge in [0, 0.05) is 5.56 Å². The van der Waals surface area contributed by atoms with Crippen LogP contribution >= 0.6 is 46.4 Å². The molecule has 0 saturated heterocycles. The molecule has 0 bridgehead atoms. The number of carbonyl (C=O) groups is 1. The quantitative estimate of drug-likeness (QED) is 0.538. The molecule has 12 heavy (non-hydrogen) atoms. The first-order valence-corrected chi connectivity index (χ1v) is 4.38. The van der Waals surface area contributed by atoms with Gasteiger partial charge >= 0.3 is 0 Å². The third-order valence-corrected chi connectivity index (χ3v) is 2.63. The Morgan fingerprint density at radius 1 is 1.08 bits per heavy atom. The second-order valence-corrected chi connectivity index (χ2v) is 3.56. The fourth-order valence-electron chi connectivity index (χ4n) is 0.669. The molecule has 0 atom stereocenters. The molecule has 0 radical (unpaired) electrons. The summed E-state index contributed by atoms with van der Waals surface area (Å²) >= 11 is 22.1. The first kappa shape index (κ1) is 10.1. The lowest BCUT2D eigenvalue weighted by Crippen LogP contribution is -1.88. The standard InChI is InChI=1S/C7H2Cl4O/c8-4-1-3(7(11)12)2-5(9)6(4)10/h1-2H. The van der Waals surface area contributed by atoms with Crippen molar-refractivity contribution in [3.63, 3.8) is 0 Å². The van der Waals surface area contributed by atoms with E-state index in [-0.39, 0.29) is 20.6 Å². The highest BCUT2D eigenvalue weighted by atomic mass is 35.5. The Labute approximate surface area is 89.2 Å². The summed E-state index contributed by atoms with van der Waals surface area (Å²) in [6.45, 7) is 0. The van der Waals surface area contributed by atoms with E-state index in [0.29, 0.717) is 0 Å². The van der Waals surface area contributed by atoms with Gasteiger partial charge in [-0.25, -0.2) is 0 Å². The number of hydrogen-bond donors (Lipinski definition) is 0. The highest BCUT2D eigenvalue weighted by Crippen LogP contribution is 2.31. The third-order valence-electron chi connectivity index (χ3n) is 1.21. The number of benzene rings is 1. The molecule has 1 rings (SSSR count). The molecule has 0 unspecified atom stereocenters. The molecular formula is C7H2Cl4O. The van der Waals surface area contributed by atoms with E-state index in [9.17, 15) is 4.79 Å². The normalized spacial score (nSPS) is 10.0. The molecule has 0 saturated carbocycles. The zero-order chi connectivity index (χ0) is 9.30. The van der Waals surface area contributed by atoms with Crippen LogP contribution in [-0.4, -0.2) is 5.24 Å². The summed E-state index contributed by atoms with van der Waals surface area (Å²) in [6.07, 6.45) is 0. The van der Waals surface area contributed by atoms with Crippen LogP contribution in [0.25, 0.3) is 0 Å². The van der Waals surface area contributed by atoms with Crippen molar-refractivity contribution in [2.45, 2.75) is 0 Å². The molecule has 64 valence electrons. The highest BCUT2D eigenvalue weighted by Gasteiger charge is 2.09. The van der Waals surface area contributed by atoms with Gasteiger partial charge in [0.2, 0.25) is 0 Å². The largest absolute Gasteiger partial charge is 0.276 e. The molecule has 1 aromatic rings. The zero-order valence-corrected chi connectivity index (χ0v) is 8.60. The van der Waals surface area contributed by atoms with E-state index in [2.05, 4.69) is 0 Å². The van der Waals surface area contributed by atoms with Crippen LogP contribution in [0.15, 0.2) is 12.1 Å². The van der Waals surface area contributed by atoms with Crippen molar-refractivity contribution in [1.82, 2.24) is 0 Å². The Bertz CT molecular complexity index is 311. The molecule has 0 spiro atoms. The van der Waals surface area contributed by atoms with Gasteiger partial charge in [0.15, 0.2) is 0 Å². The number of hydrogen-bond acceptors (Lipinski definition) is 1. The first-order chi connectivity index (χ1) is 5.52. The fourth-order valence-corrected chi connectivity index (χ4v) is 1.37. The average molecular weight is 244 g/mol. The van der Waals surface area contributed by atoms with Gasteiger partial charge in [-0.3, -0.25) is 4.79 Å². The average Bonchev–Trinajstić information content (AvgIpc) is 1.99. The lowest BCUT2D eigenvalue weighted by molar-refractivity contribution is 0.108. The summed E-state index contributed by atoms with van der Waals surface area (Å²) in [5.41, 5.74) is 0.232. The minimum atomic E-state index is -0.615. The van der Waals surface area contributed by atoms with E-state index in [4.69, 9.17) is 46.4 Å². The van der Waals surface area contributed by atoms with Crippen molar-refractivity contribution in [2.75, 3.05) is 0 Å². The summed E-state index contributed by atoms with van der Waals surface area (Å²) in [7, 11) is 0. The molecule has 0 aromatic heterocycles. The molecule has 1 aromatic carbocycles. The number of carbonyl (C=O) groups excluding carboxylic acids is 1. The molecule has 0 aliphatic rings. The van der Waals surface area contributed by atoms with Gasteiger partial charge in [0.1, 0.15) is 0 Å². The van der Waals surface area contributed by atoms with Crippen molar-refractivity contribution < 1.29 is 4.79 Å². The minimum absolute atomic E-state index is 0.216. The van der Waals surface area contributed by atoms with Crippen LogP contribution in [0.1, 0.15) is 10.4 Å². The summed E-state index contributed by atoms with van der Waals surface area (Å²) in [5.74, 6) is 0. The van der Waals surface area contributed by atoms with E-state index in [1.807, 2.05) is 0 Å². The maximum absolute atomic E-state index is 10.7. The Hall–Kier alpha value is 0.0500. The van der Waals surface area contributed by atoms with Gasteiger partial charge in [0.25, 0.3) is 5.24 Å². The second-order valence-electron chi connectivity index (χ2n) is 2.03. The van der Waals surface area contributed by atoms with Crippen LogP contribution in [0.5, 0.6) is 0 Å². The van der Waals surface area contributed by atoms with Crippen molar-refractivity contribution in [1.29, 1.82) is 0 Å². The molecule has 0 aliphatic heterocycles. The topological polar surface area (TPSA) is 17.1 Å². The van der Waals surface area contributed by atoms with Crippen molar-refractivity contribution in [3.05, 3.63) is 32.8 Å². The van der Waals surface area contributed by atoms with Crippen LogP contribution in [-0.2, 0) is 0 Å². The van der Waals surface area contributed by atoms with Crippen molar-refractivity contribution in [2.24, 2.45) is 0 Å². The Balaban J connectivity index is 3.31. The van der Waals surface area contributed by atoms with Crippen LogP contribution in [0, 0.1) is 0 Å². The molecule has 0 aliphatic carbocycles. The van der Waals surface area contributed by atoms with Crippen molar-refractivity contribution >= 4 is 51.6 Å². The lowest BCUT2D eigenvalue weighted by atomic mass is 10.2. The monoisotopic (exact) mass is 242 g/mol. The molecule has 1 nitrogen and oxygen atoms in total. The van der Waals surface area contributed by atoms with Crippen LogP contribution < -0.4 is 0 Å². The molecule has 0 N–H and O–H groups in total.